The van der Waals surface area contributed by atoms with E-state index < -0.39 is 0 Å². The molecule has 1 fully saturated rings. The summed E-state index contributed by atoms with van der Waals surface area (Å²) in [4.78, 5) is 2.62. The standard InChI is InChI=1S/C17H28N2/c1-14(2)12-17-16(18)10-6-7-11-19(17)13-15-8-4-3-5-9-15/h3-5,8-9,14,16-17H,6-7,10-13,18H2,1-2H3. The summed E-state index contributed by atoms with van der Waals surface area (Å²) in [5.41, 5.74) is 7.84. The lowest BCUT2D eigenvalue weighted by Gasteiger charge is -2.34. The van der Waals surface area contributed by atoms with Gasteiger partial charge in [-0.05, 0) is 37.3 Å². The van der Waals surface area contributed by atoms with E-state index in [9.17, 15) is 0 Å². The maximum atomic E-state index is 6.43. The molecular weight excluding hydrogens is 232 g/mol. The lowest BCUT2D eigenvalue weighted by Crippen LogP contribution is -2.47. The van der Waals surface area contributed by atoms with Crippen LogP contribution < -0.4 is 5.73 Å². The van der Waals surface area contributed by atoms with Crippen molar-refractivity contribution in [3.63, 3.8) is 0 Å². The van der Waals surface area contributed by atoms with E-state index in [0.29, 0.717) is 18.0 Å². The van der Waals surface area contributed by atoms with E-state index in [1.165, 1.54) is 37.8 Å². The minimum absolute atomic E-state index is 0.341. The predicted molar refractivity (Wildman–Crippen MR) is 81.9 cm³/mol. The summed E-state index contributed by atoms with van der Waals surface area (Å²) in [6.07, 6.45) is 4.97. The zero-order valence-electron chi connectivity index (χ0n) is 12.4. The summed E-state index contributed by atoms with van der Waals surface area (Å²) >= 11 is 0. The van der Waals surface area contributed by atoms with Crippen LogP contribution in [0.25, 0.3) is 0 Å². The van der Waals surface area contributed by atoms with Crippen LogP contribution in [0, 0.1) is 5.92 Å². The second-order valence-electron chi connectivity index (χ2n) is 6.31. The molecule has 0 radical (unpaired) electrons. The number of rotatable bonds is 4. The van der Waals surface area contributed by atoms with Gasteiger partial charge in [-0.2, -0.15) is 0 Å². The molecule has 19 heavy (non-hydrogen) atoms. The van der Waals surface area contributed by atoms with E-state index in [2.05, 4.69) is 49.1 Å². The van der Waals surface area contributed by atoms with Crippen LogP contribution in [0.1, 0.15) is 45.1 Å². The topological polar surface area (TPSA) is 29.3 Å². The molecule has 1 saturated heterocycles. The Hall–Kier alpha value is -0.860. The largest absolute Gasteiger partial charge is 0.326 e. The van der Waals surface area contributed by atoms with Gasteiger partial charge in [0.25, 0.3) is 0 Å². The molecule has 2 heteroatoms. The molecular formula is C17H28N2. The van der Waals surface area contributed by atoms with E-state index in [4.69, 9.17) is 5.73 Å². The molecule has 1 aromatic carbocycles. The van der Waals surface area contributed by atoms with Crippen LogP contribution >= 0.6 is 0 Å². The van der Waals surface area contributed by atoms with Crippen molar-refractivity contribution in [1.29, 1.82) is 0 Å². The molecule has 0 amide bonds. The summed E-state index contributed by atoms with van der Waals surface area (Å²) in [6, 6.07) is 11.7. The Morgan fingerprint density at radius 3 is 2.63 bits per heavy atom. The number of nitrogens with two attached hydrogens (primary N) is 1. The van der Waals surface area contributed by atoms with Gasteiger partial charge in [0.05, 0.1) is 0 Å². The lowest BCUT2D eigenvalue weighted by molar-refractivity contribution is 0.153. The normalized spacial score (nSPS) is 25.5. The van der Waals surface area contributed by atoms with Gasteiger partial charge in [-0.1, -0.05) is 50.6 Å². The molecule has 106 valence electrons. The van der Waals surface area contributed by atoms with Gasteiger partial charge in [0.15, 0.2) is 0 Å². The maximum absolute atomic E-state index is 6.43. The van der Waals surface area contributed by atoms with Crippen molar-refractivity contribution >= 4 is 0 Å². The number of likely N-dealkylation sites (tertiary alicyclic amines) is 1. The molecule has 0 bridgehead atoms. The van der Waals surface area contributed by atoms with Crippen LogP contribution in [0.3, 0.4) is 0 Å². The molecule has 2 rings (SSSR count). The lowest BCUT2D eigenvalue weighted by atomic mass is 9.94. The molecule has 0 aromatic heterocycles. The van der Waals surface area contributed by atoms with Crippen LogP contribution in [-0.2, 0) is 6.54 Å². The van der Waals surface area contributed by atoms with Gasteiger partial charge in [-0.25, -0.2) is 0 Å². The SMILES string of the molecule is CC(C)CC1C(N)CCCCN1Cc1ccccc1. The van der Waals surface area contributed by atoms with E-state index in [-0.39, 0.29) is 0 Å². The van der Waals surface area contributed by atoms with Crippen LogP contribution in [0.4, 0.5) is 0 Å². The molecule has 0 spiro atoms. The maximum Gasteiger partial charge on any atom is 0.0253 e. The highest BCUT2D eigenvalue weighted by atomic mass is 15.2. The molecule has 2 atom stereocenters. The summed E-state index contributed by atoms with van der Waals surface area (Å²) in [6.45, 7) is 6.85. The first kappa shape index (κ1) is 14.5. The van der Waals surface area contributed by atoms with Gasteiger partial charge >= 0.3 is 0 Å². The van der Waals surface area contributed by atoms with E-state index in [1.54, 1.807) is 0 Å². The molecule has 2 N–H and O–H groups in total. The molecule has 0 aliphatic carbocycles. The second kappa shape index (κ2) is 7.06. The van der Waals surface area contributed by atoms with Crippen molar-refractivity contribution in [3.8, 4) is 0 Å². The van der Waals surface area contributed by atoms with Crippen molar-refractivity contribution < 1.29 is 0 Å². The van der Waals surface area contributed by atoms with Crippen molar-refractivity contribution in [2.24, 2.45) is 11.7 Å². The van der Waals surface area contributed by atoms with Crippen LogP contribution in [0.5, 0.6) is 0 Å². The van der Waals surface area contributed by atoms with Crippen molar-refractivity contribution in [3.05, 3.63) is 35.9 Å². The molecule has 1 aromatic rings. The van der Waals surface area contributed by atoms with E-state index in [0.717, 1.165) is 6.54 Å². The zero-order valence-corrected chi connectivity index (χ0v) is 12.4. The van der Waals surface area contributed by atoms with Crippen LogP contribution in [0.15, 0.2) is 30.3 Å². The highest BCUT2D eigenvalue weighted by molar-refractivity contribution is 5.14. The van der Waals surface area contributed by atoms with Gasteiger partial charge in [-0.15, -0.1) is 0 Å². The Morgan fingerprint density at radius 2 is 1.95 bits per heavy atom. The third kappa shape index (κ3) is 4.32. The Bertz CT molecular complexity index is 361. The molecule has 1 heterocycles. The van der Waals surface area contributed by atoms with Crippen molar-refractivity contribution in [1.82, 2.24) is 4.90 Å². The van der Waals surface area contributed by atoms with Gasteiger partial charge in [0.1, 0.15) is 0 Å². The van der Waals surface area contributed by atoms with Crippen molar-refractivity contribution in [2.75, 3.05) is 6.54 Å². The van der Waals surface area contributed by atoms with Crippen molar-refractivity contribution in [2.45, 2.75) is 58.2 Å². The van der Waals surface area contributed by atoms with E-state index in [1.807, 2.05) is 0 Å². The van der Waals surface area contributed by atoms with Gasteiger partial charge < -0.3 is 5.73 Å². The smallest absolute Gasteiger partial charge is 0.0253 e. The Balaban J connectivity index is 2.08. The van der Waals surface area contributed by atoms with Crippen LogP contribution in [-0.4, -0.2) is 23.5 Å². The number of nitrogens with zero attached hydrogens (tertiary/aromatic N) is 1. The monoisotopic (exact) mass is 260 g/mol. The fourth-order valence-corrected chi connectivity index (χ4v) is 3.15. The summed E-state index contributed by atoms with van der Waals surface area (Å²) < 4.78 is 0. The minimum Gasteiger partial charge on any atom is -0.326 e. The van der Waals surface area contributed by atoms with E-state index >= 15 is 0 Å². The Morgan fingerprint density at radius 1 is 1.21 bits per heavy atom. The molecule has 0 saturated carbocycles. The first-order valence-corrected chi connectivity index (χ1v) is 7.70. The zero-order chi connectivity index (χ0) is 13.7. The average Bonchev–Trinajstić information content (AvgIpc) is 2.55. The third-order valence-electron chi connectivity index (χ3n) is 4.14. The highest BCUT2D eigenvalue weighted by Gasteiger charge is 2.27. The fraction of sp³-hybridized carbons (Fsp3) is 0.647. The average molecular weight is 260 g/mol. The summed E-state index contributed by atoms with van der Waals surface area (Å²) in [5, 5.41) is 0. The Kier molecular flexibility index (Phi) is 5.41. The number of hydrogen-bond donors (Lipinski definition) is 1. The fourth-order valence-electron chi connectivity index (χ4n) is 3.15. The number of benzene rings is 1. The highest BCUT2D eigenvalue weighted by Crippen LogP contribution is 2.23. The van der Waals surface area contributed by atoms with Gasteiger partial charge in [-0.3, -0.25) is 4.90 Å². The summed E-state index contributed by atoms with van der Waals surface area (Å²) in [7, 11) is 0. The van der Waals surface area contributed by atoms with Gasteiger partial charge in [0, 0.05) is 18.6 Å². The first-order valence-electron chi connectivity index (χ1n) is 7.70. The van der Waals surface area contributed by atoms with Crippen LogP contribution in [0.2, 0.25) is 0 Å². The molecule has 2 unspecified atom stereocenters. The first-order chi connectivity index (χ1) is 9.16. The minimum atomic E-state index is 0.341. The third-order valence-corrected chi connectivity index (χ3v) is 4.14. The number of hydrogen-bond acceptors (Lipinski definition) is 2. The second-order valence-corrected chi connectivity index (χ2v) is 6.31. The van der Waals surface area contributed by atoms with Gasteiger partial charge in [0.2, 0.25) is 0 Å². The summed E-state index contributed by atoms with van der Waals surface area (Å²) in [5.74, 6) is 0.715. The predicted octanol–water partition coefficient (Wildman–Crippen LogP) is 3.41. The molecule has 2 nitrogen and oxygen atoms in total. The quantitative estimate of drug-likeness (QED) is 0.899. The Labute approximate surface area is 118 Å². The molecule has 1 aliphatic heterocycles. The molecule has 1 aliphatic rings.